The second-order valence-electron chi connectivity index (χ2n) is 2.70. The van der Waals surface area contributed by atoms with Crippen molar-refractivity contribution in [2.75, 3.05) is 0 Å². The number of aliphatic hydroxyl groups excluding tert-OH is 1. The summed E-state index contributed by atoms with van der Waals surface area (Å²) in [6.45, 7) is -0.154. The van der Waals surface area contributed by atoms with Crippen molar-refractivity contribution in [1.82, 2.24) is 4.98 Å². The van der Waals surface area contributed by atoms with Crippen molar-refractivity contribution in [3.8, 4) is 0 Å². The van der Waals surface area contributed by atoms with Crippen LogP contribution in [-0.2, 0) is 11.9 Å². The van der Waals surface area contributed by atoms with E-state index in [-0.39, 0.29) is 6.61 Å². The summed E-state index contributed by atoms with van der Waals surface area (Å²) < 4.78 is 5.24. The van der Waals surface area contributed by atoms with Gasteiger partial charge in [0.05, 0.1) is 0 Å². The molecule has 13 heavy (non-hydrogen) atoms. The Labute approximate surface area is 83.5 Å². The Balaban J connectivity index is 2.57. The van der Waals surface area contributed by atoms with Crippen molar-refractivity contribution in [1.29, 1.82) is 0 Å². The SMILES string of the molecule is OCc1nc2cc(CBr)ccc2o1. The molecule has 0 spiro atoms. The lowest BCUT2D eigenvalue weighted by Crippen LogP contribution is -1.79. The zero-order chi connectivity index (χ0) is 9.26. The molecular weight excluding hydrogens is 234 g/mol. The van der Waals surface area contributed by atoms with E-state index < -0.39 is 0 Å². The van der Waals surface area contributed by atoms with E-state index in [1.807, 2.05) is 18.2 Å². The van der Waals surface area contributed by atoms with Crippen LogP contribution in [0.3, 0.4) is 0 Å². The van der Waals surface area contributed by atoms with Gasteiger partial charge in [-0.05, 0) is 17.7 Å². The summed E-state index contributed by atoms with van der Waals surface area (Å²) in [5, 5.41) is 9.60. The van der Waals surface area contributed by atoms with Crippen molar-refractivity contribution in [2.24, 2.45) is 0 Å². The highest BCUT2D eigenvalue weighted by atomic mass is 79.9. The molecule has 0 fully saturated rings. The van der Waals surface area contributed by atoms with E-state index in [0.717, 1.165) is 16.4 Å². The van der Waals surface area contributed by atoms with E-state index in [9.17, 15) is 0 Å². The van der Waals surface area contributed by atoms with Gasteiger partial charge >= 0.3 is 0 Å². The van der Waals surface area contributed by atoms with Gasteiger partial charge in [-0.15, -0.1) is 0 Å². The molecule has 0 aliphatic carbocycles. The molecule has 2 rings (SSSR count). The average Bonchev–Trinajstić information content (AvgIpc) is 2.58. The second-order valence-corrected chi connectivity index (χ2v) is 3.26. The zero-order valence-corrected chi connectivity index (χ0v) is 8.41. The van der Waals surface area contributed by atoms with Gasteiger partial charge in [0.1, 0.15) is 12.1 Å². The topological polar surface area (TPSA) is 46.3 Å². The molecule has 3 nitrogen and oxygen atoms in total. The number of oxazole rings is 1. The Bertz CT molecular complexity index is 422. The number of hydrogen-bond acceptors (Lipinski definition) is 3. The van der Waals surface area contributed by atoms with Crippen LogP contribution in [-0.4, -0.2) is 10.1 Å². The number of aliphatic hydroxyl groups is 1. The second kappa shape index (κ2) is 3.47. The van der Waals surface area contributed by atoms with Gasteiger partial charge in [-0.2, -0.15) is 0 Å². The number of rotatable bonds is 2. The monoisotopic (exact) mass is 241 g/mol. The van der Waals surface area contributed by atoms with Crippen LogP contribution < -0.4 is 0 Å². The van der Waals surface area contributed by atoms with E-state index in [2.05, 4.69) is 20.9 Å². The third-order valence-corrected chi connectivity index (χ3v) is 2.43. The van der Waals surface area contributed by atoms with Crippen molar-refractivity contribution in [2.45, 2.75) is 11.9 Å². The zero-order valence-electron chi connectivity index (χ0n) is 6.83. The molecule has 0 saturated carbocycles. The maximum Gasteiger partial charge on any atom is 0.221 e. The van der Waals surface area contributed by atoms with Crippen molar-refractivity contribution < 1.29 is 9.52 Å². The van der Waals surface area contributed by atoms with Gasteiger partial charge < -0.3 is 9.52 Å². The smallest absolute Gasteiger partial charge is 0.221 e. The van der Waals surface area contributed by atoms with Gasteiger partial charge in [0.25, 0.3) is 0 Å². The van der Waals surface area contributed by atoms with E-state index in [1.165, 1.54) is 0 Å². The van der Waals surface area contributed by atoms with Gasteiger partial charge in [-0.1, -0.05) is 22.0 Å². The molecule has 68 valence electrons. The third kappa shape index (κ3) is 1.59. The highest BCUT2D eigenvalue weighted by Crippen LogP contribution is 2.18. The van der Waals surface area contributed by atoms with E-state index in [0.29, 0.717) is 11.5 Å². The van der Waals surface area contributed by atoms with E-state index in [4.69, 9.17) is 9.52 Å². The lowest BCUT2D eigenvalue weighted by Gasteiger charge is -1.91. The molecule has 2 aromatic rings. The van der Waals surface area contributed by atoms with Crippen molar-refractivity contribution >= 4 is 27.0 Å². The third-order valence-electron chi connectivity index (χ3n) is 1.79. The Morgan fingerprint density at radius 1 is 1.46 bits per heavy atom. The molecule has 0 saturated heterocycles. The summed E-state index contributed by atoms with van der Waals surface area (Å²) in [7, 11) is 0. The van der Waals surface area contributed by atoms with Gasteiger partial charge in [-0.25, -0.2) is 4.98 Å². The van der Waals surface area contributed by atoms with Crippen LogP contribution in [0.25, 0.3) is 11.1 Å². The van der Waals surface area contributed by atoms with Gasteiger partial charge in [0.2, 0.25) is 5.89 Å². The van der Waals surface area contributed by atoms with Gasteiger partial charge in [0, 0.05) is 5.33 Å². The normalized spacial score (nSPS) is 10.9. The fourth-order valence-corrected chi connectivity index (χ4v) is 1.52. The Morgan fingerprint density at radius 3 is 3.00 bits per heavy atom. The Hall–Kier alpha value is -0.870. The van der Waals surface area contributed by atoms with Crippen LogP contribution in [0, 0.1) is 0 Å². The van der Waals surface area contributed by atoms with Crippen LogP contribution in [0.1, 0.15) is 11.5 Å². The van der Waals surface area contributed by atoms with Crippen LogP contribution in [0.5, 0.6) is 0 Å². The summed E-state index contributed by atoms with van der Waals surface area (Å²) in [4.78, 5) is 4.10. The molecular formula is C9H8BrNO2. The van der Waals surface area contributed by atoms with Crippen LogP contribution in [0.2, 0.25) is 0 Å². The largest absolute Gasteiger partial charge is 0.438 e. The van der Waals surface area contributed by atoms with E-state index >= 15 is 0 Å². The number of fused-ring (bicyclic) bond motifs is 1. The summed E-state index contributed by atoms with van der Waals surface area (Å²) in [6.07, 6.45) is 0. The van der Waals surface area contributed by atoms with Crippen LogP contribution in [0.15, 0.2) is 22.6 Å². The minimum Gasteiger partial charge on any atom is -0.438 e. The minimum atomic E-state index is -0.154. The Morgan fingerprint density at radius 2 is 2.31 bits per heavy atom. The number of halogens is 1. The molecule has 1 aromatic carbocycles. The highest BCUT2D eigenvalue weighted by Gasteiger charge is 2.04. The molecule has 4 heteroatoms. The van der Waals surface area contributed by atoms with Crippen molar-refractivity contribution in [3.63, 3.8) is 0 Å². The number of nitrogens with zero attached hydrogens (tertiary/aromatic N) is 1. The maximum atomic E-state index is 8.80. The van der Waals surface area contributed by atoms with Crippen LogP contribution >= 0.6 is 15.9 Å². The number of alkyl halides is 1. The molecule has 0 aliphatic heterocycles. The number of benzene rings is 1. The summed E-state index contributed by atoms with van der Waals surface area (Å²) >= 11 is 3.36. The highest BCUT2D eigenvalue weighted by molar-refractivity contribution is 9.08. The first-order chi connectivity index (χ1) is 6.33. The first kappa shape index (κ1) is 8.72. The molecule has 0 radical (unpaired) electrons. The summed E-state index contributed by atoms with van der Waals surface area (Å²) in [5.41, 5.74) is 2.65. The quantitative estimate of drug-likeness (QED) is 0.821. The first-order valence-electron chi connectivity index (χ1n) is 3.88. The molecule has 0 atom stereocenters. The van der Waals surface area contributed by atoms with E-state index in [1.54, 1.807) is 0 Å². The molecule has 1 N–H and O–H groups in total. The summed E-state index contributed by atoms with van der Waals surface area (Å²) in [5.74, 6) is 0.363. The van der Waals surface area contributed by atoms with Gasteiger partial charge in [0.15, 0.2) is 5.58 Å². The molecule has 0 aliphatic rings. The standard InChI is InChI=1S/C9H8BrNO2/c10-4-6-1-2-8-7(3-6)11-9(5-12)13-8/h1-3,12H,4-5H2. The van der Waals surface area contributed by atoms with Gasteiger partial charge in [-0.3, -0.25) is 0 Å². The fourth-order valence-electron chi connectivity index (χ4n) is 1.17. The Kier molecular flexibility index (Phi) is 2.33. The lowest BCUT2D eigenvalue weighted by atomic mass is 10.2. The lowest BCUT2D eigenvalue weighted by molar-refractivity contribution is 0.244. The summed E-state index contributed by atoms with van der Waals surface area (Å²) in [6, 6.07) is 5.76. The first-order valence-corrected chi connectivity index (χ1v) is 5.01. The molecule has 0 unspecified atom stereocenters. The molecule has 0 bridgehead atoms. The van der Waals surface area contributed by atoms with Crippen molar-refractivity contribution in [3.05, 3.63) is 29.7 Å². The average molecular weight is 242 g/mol. The predicted octanol–water partition coefficient (Wildman–Crippen LogP) is 2.21. The molecule has 1 heterocycles. The number of aromatic nitrogens is 1. The van der Waals surface area contributed by atoms with Crippen LogP contribution in [0.4, 0.5) is 0 Å². The number of hydrogen-bond donors (Lipinski definition) is 1. The maximum absolute atomic E-state index is 8.80. The minimum absolute atomic E-state index is 0.154. The molecule has 1 aromatic heterocycles. The fraction of sp³-hybridized carbons (Fsp3) is 0.222. The molecule has 0 amide bonds. The predicted molar refractivity (Wildman–Crippen MR) is 52.6 cm³/mol.